The Kier molecular flexibility index (Phi) is 3.38. The van der Waals surface area contributed by atoms with Crippen LogP contribution in [0.25, 0.3) is 22.2 Å². The van der Waals surface area contributed by atoms with E-state index in [9.17, 15) is 0 Å². The molecule has 2 spiro atoms. The van der Waals surface area contributed by atoms with Crippen molar-refractivity contribution in [3.8, 4) is 28.6 Å². The van der Waals surface area contributed by atoms with Crippen LogP contribution < -0.4 is 9.47 Å². The van der Waals surface area contributed by atoms with Crippen molar-refractivity contribution in [3.63, 3.8) is 0 Å². The third kappa shape index (κ3) is 1.99. The minimum Gasteiger partial charge on any atom is -0.497 e. The van der Waals surface area contributed by atoms with Crippen LogP contribution in [0.2, 0.25) is 0 Å². The molecule has 0 radical (unpaired) electrons. The van der Waals surface area contributed by atoms with Crippen molar-refractivity contribution in [3.05, 3.63) is 114 Å². The molecule has 0 amide bonds. The van der Waals surface area contributed by atoms with E-state index in [1.165, 1.54) is 27.6 Å². The van der Waals surface area contributed by atoms with Gasteiger partial charge in [-0.25, -0.2) is 0 Å². The number of methoxy groups -OCH3 is 1. The summed E-state index contributed by atoms with van der Waals surface area (Å²) in [6.45, 7) is 0. The molecule has 0 bridgehead atoms. The Morgan fingerprint density at radius 1 is 0.735 bits per heavy atom. The van der Waals surface area contributed by atoms with E-state index in [0.717, 1.165) is 34.0 Å². The zero-order valence-electron chi connectivity index (χ0n) is 18.3. The van der Waals surface area contributed by atoms with Crippen molar-refractivity contribution in [2.45, 2.75) is 9.49 Å². The summed E-state index contributed by atoms with van der Waals surface area (Å²) < 4.78 is 11.5. The van der Waals surface area contributed by atoms with Crippen LogP contribution in [-0.2, 0) is 9.49 Å². The Morgan fingerprint density at radius 2 is 1.44 bits per heavy atom. The number of nitrogens with zero attached hydrogens (tertiary/aromatic N) is 2. The van der Waals surface area contributed by atoms with Gasteiger partial charge in [0.2, 0.25) is 0 Å². The molecule has 2 aromatic heterocycles. The number of fused-ring (bicyclic) bond motifs is 12. The van der Waals surface area contributed by atoms with Gasteiger partial charge in [0.05, 0.1) is 28.0 Å². The number of aromatic nitrogens is 2. The molecule has 1 saturated heterocycles. The predicted octanol–water partition coefficient (Wildman–Crippen LogP) is 6.66. The van der Waals surface area contributed by atoms with Crippen LogP contribution in [0.5, 0.6) is 17.2 Å². The average molecular weight is 459 g/mol. The molecule has 3 aliphatic rings. The van der Waals surface area contributed by atoms with Gasteiger partial charge in [-0.2, -0.15) is 0 Å². The third-order valence-corrected chi connectivity index (χ3v) is 9.27. The number of hydrogen-bond donors (Lipinski definition) is 0. The van der Waals surface area contributed by atoms with Crippen LogP contribution in [0.3, 0.4) is 0 Å². The van der Waals surface area contributed by atoms with E-state index in [2.05, 4.69) is 54.6 Å². The third-order valence-electron chi connectivity index (χ3n) is 7.39. The Hall–Kier alpha value is -3.83. The Balaban J connectivity index is 1.54. The van der Waals surface area contributed by atoms with Gasteiger partial charge in [-0.1, -0.05) is 42.5 Å². The van der Waals surface area contributed by atoms with Gasteiger partial charge < -0.3 is 9.47 Å². The number of hydrogen-bond acceptors (Lipinski definition) is 5. The van der Waals surface area contributed by atoms with Crippen LogP contribution in [-0.4, -0.2) is 17.1 Å². The molecular formula is C29H18N2O2S. The van der Waals surface area contributed by atoms with Crippen molar-refractivity contribution in [1.82, 2.24) is 9.97 Å². The van der Waals surface area contributed by atoms with Crippen molar-refractivity contribution >= 4 is 22.5 Å². The van der Waals surface area contributed by atoms with Crippen LogP contribution in [0.15, 0.2) is 91.3 Å². The second kappa shape index (κ2) is 6.19. The van der Waals surface area contributed by atoms with Crippen LogP contribution in [0, 0.1) is 0 Å². The Labute approximate surface area is 200 Å². The highest BCUT2D eigenvalue weighted by Crippen LogP contribution is 2.86. The summed E-state index contributed by atoms with van der Waals surface area (Å²) in [5.41, 5.74) is 6.78. The second-order valence-corrected chi connectivity index (χ2v) is 10.3. The van der Waals surface area contributed by atoms with Gasteiger partial charge >= 0.3 is 0 Å². The van der Waals surface area contributed by atoms with E-state index in [1.807, 2.05) is 48.4 Å². The van der Waals surface area contributed by atoms with Crippen molar-refractivity contribution < 1.29 is 9.47 Å². The quantitative estimate of drug-likeness (QED) is 0.263. The van der Waals surface area contributed by atoms with Gasteiger partial charge in [0.15, 0.2) is 0 Å². The van der Waals surface area contributed by atoms with Crippen molar-refractivity contribution in [2.24, 2.45) is 0 Å². The maximum Gasteiger partial charge on any atom is 0.133 e. The second-order valence-electron chi connectivity index (χ2n) is 8.89. The maximum absolute atomic E-state index is 6.53. The molecule has 5 heteroatoms. The van der Waals surface area contributed by atoms with E-state index in [-0.39, 0.29) is 9.49 Å². The first-order valence-electron chi connectivity index (χ1n) is 11.3. The van der Waals surface area contributed by atoms with Gasteiger partial charge in [0.1, 0.15) is 17.2 Å². The van der Waals surface area contributed by atoms with Crippen LogP contribution in [0.4, 0.5) is 0 Å². The average Bonchev–Trinajstić information content (AvgIpc) is 3.49. The molecule has 8 rings (SSSR count). The fourth-order valence-electron chi connectivity index (χ4n) is 6.02. The lowest BCUT2D eigenvalue weighted by molar-refractivity contribution is 0.415. The number of rotatable bonds is 1. The summed E-state index contributed by atoms with van der Waals surface area (Å²) in [6.07, 6.45) is 3.73. The van der Waals surface area contributed by atoms with Crippen LogP contribution in [0.1, 0.15) is 22.3 Å². The number of pyridine rings is 2. The summed E-state index contributed by atoms with van der Waals surface area (Å²) >= 11 is 1.97. The highest BCUT2D eigenvalue weighted by molar-refractivity contribution is 8.09. The number of thioether (sulfide) groups is 1. The highest BCUT2D eigenvalue weighted by atomic mass is 32.2. The molecular weight excluding hydrogens is 440 g/mol. The highest BCUT2D eigenvalue weighted by Gasteiger charge is 2.78. The minimum absolute atomic E-state index is 0.327. The lowest BCUT2D eigenvalue weighted by atomic mass is 9.73. The molecule has 1 aliphatic carbocycles. The molecule has 4 heterocycles. The van der Waals surface area contributed by atoms with Gasteiger partial charge in [0.25, 0.3) is 0 Å². The number of para-hydroxylation sites is 1. The first-order valence-corrected chi connectivity index (χ1v) is 12.1. The molecule has 162 valence electrons. The topological polar surface area (TPSA) is 44.2 Å². The van der Waals surface area contributed by atoms with Crippen molar-refractivity contribution in [2.75, 3.05) is 7.11 Å². The molecule has 4 nitrogen and oxygen atoms in total. The van der Waals surface area contributed by atoms with Crippen molar-refractivity contribution in [1.29, 1.82) is 0 Å². The maximum atomic E-state index is 6.53. The molecule has 5 aromatic rings. The lowest BCUT2D eigenvalue weighted by Gasteiger charge is -2.32. The van der Waals surface area contributed by atoms with Crippen LogP contribution >= 0.6 is 11.8 Å². The first kappa shape index (κ1) is 18.6. The molecule has 34 heavy (non-hydrogen) atoms. The van der Waals surface area contributed by atoms with Gasteiger partial charge in [-0.05, 0) is 47.2 Å². The van der Waals surface area contributed by atoms with Gasteiger partial charge in [-0.3, -0.25) is 9.97 Å². The minimum atomic E-state index is -0.366. The van der Waals surface area contributed by atoms with Gasteiger partial charge in [-0.15, -0.1) is 11.8 Å². The van der Waals surface area contributed by atoms with E-state index < -0.39 is 0 Å². The summed E-state index contributed by atoms with van der Waals surface area (Å²) in [7, 11) is 1.71. The molecule has 0 saturated carbocycles. The fourth-order valence-corrected chi connectivity index (χ4v) is 8.00. The monoisotopic (exact) mass is 458 g/mol. The van der Waals surface area contributed by atoms with E-state index in [0.29, 0.717) is 0 Å². The predicted molar refractivity (Wildman–Crippen MR) is 134 cm³/mol. The Bertz CT molecular complexity index is 1640. The summed E-state index contributed by atoms with van der Waals surface area (Å²) in [4.78, 5) is 9.58. The summed E-state index contributed by atoms with van der Waals surface area (Å²) in [6, 6.07) is 27.5. The fraction of sp³-hybridized carbons (Fsp3) is 0.103. The molecule has 2 aliphatic heterocycles. The first-order chi connectivity index (χ1) is 16.8. The molecule has 1 unspecified atom stereocenters. The number of benzene rings is 3. The standard InChI is InChI=1S/C29H18N2O2S/c1-32-18-12-10-17-11-13-24-25(19(17)16-18)29(20-6-2-3-9-23(20)33-24)28(34-29)21-7-4-14-30-26(21)27-22(28)8-5-15-31-27/h2-16H,1H3. The zero-order valence-corrected chi connectivity index (χ0v) is 19.1. The molecule has 0 N–H and O–H groups in total. The SMILES string of the molecule is COc1ccc2ccc3c(c2c1)C1(SC12c1cccnc1-c1ncccc12)c1ccccc1O3. The smallest absolute Gasteiger partial charge is 0.133 e. The van der Waals surface area contributed by atoms with E-state index >= 15 is 0 Å². The van der Waals surface area contributed by atoms with E-state index in [4.69, 9.17) is 19.4 Å². The lowest BCUT2D eigenvalue weighted by Crippen LogP contribution is -2.27. The number of ether oxygens (including phenoxy) is 2. The van der Waals surface area contributed by atoms with Gasteiger partial charge in [0, 0.05) is 34.6 Å². The zero-order chi connectivity index (χ0) is 22.5. The van der Waals surface area contributed by atoms with E-state index in [1.54, 1.807) is 7.11 Å². The molecule has 1 atom stereocenters. The Morgan fingerprint density at radius 3 is 2.21 bits per heavy atom. The molecule has 1 fully saturated rings. The molecule has 3 aromatic carbocycles. The summed E-state index contributed by atoms with van der Waals surface area (Å²) in [5, 5.41) is 2.32. The summed E-state index contributed by atoms with van der Waals surface area (Å²) in [5.74, 6) is 2.64. The largest absolute Gasteiger partial charge is 0.497 e. The normalized spacial score (nSPS) is 19.8.